The first kappa shape index (κ1) is 27.9. The number of hydrazone groups is 1. The summed E-state index contributed by atoms with van der Waals surface area (Å²) in [6.07, 6.45) is 1.47. The lowest BCUT2D eigenvalue weighted by Gasteiger charge is -2.20. The summed E-state index contributed by atoms with van der Waals surface area (Å²) < 4.78 is 11.5. The van der Waals surface area contributed by atoms with Crippen molar-refractivity contribution in [2.24, 2.45) is 11.0 Å². The number of amides is 2. The van der Waals surface area contributed by atoms with Gasteiger partial charge in [-0.25, -0.2) is 5.43 Å². The van der Waals surface area contributed by atoms with Crippen molar-refractivity contribution in [1.82, 2.24) is 10.7 Å². The van der Waals surface area contributed by atoms with Gasteiger partial charge in [-0.15, -0.1) is 0 Å². The van der Waals surface area contributed by atoms with Crippen molar-refractivity contribution in [2.45, 2.75) is 33.4 Å². The highest BCUT2D eigenvalue weighted by Crippen LogP contribution is 2.29. The van der Waals surface area contributed by atoms with Crippen LogP contribution in [0.15, 0.2) is 77.9 Å². The van der Waals surface area contributed by atoms with Gasteiger partial charge in [0.15, 0.2) is 11.5 Å². The average molecular weight is 519 g/mol. The molecule has 1 unspecified atom stereocenters. The number of nitrogens with one attached hydrogen (secondary N) is 2. The zero-order valence-corrected chi connectivity index (χ0v) is 21.4. The lowest BCUT2D eigenvalue weighted by molar-refractivity contribution is -0.384. The predicted molar refractivity (Wildman–Crippen MR) is 143 cm³/mol. The van der Waals surface area contributed by atoms with Gasteiger partial charge in [-0.3, -0.25) is 19.7 Å². The fourth-order valence-electron chi connectivity index (χ4n) is 3.46. The number of rotatable bonds is 12. The van der Waals surface area contributed by atoms with Gasteiger partial charge in [0.1, 0.15) is 12.6 Å². The molecule has 0 radical (unpaired) electrons. The topological polar surface area (TPSA) is 132 Å². The Morgan fingerprint density at radius 1 is 1.00 bits per heavy atom. The molecule has 0 bridgehead atoms. The number of ether oxygens (including phenoxy) is 2. The first-order valence-corrected chi connectivity index (χ1v) is 12.1. The molecule has 3 aromatic rings. The SMILES string of the molecule is CCOc1cc(C=NNC(=O)C(NC(=O)c2ccccc2)C(C)C)ccc1OCc1ccc([N+](=O)[O-])cc1. The Kier molecular flexibility index (Phi) is 9.93. The highest BCUT2D eigenvalue weighted by Gasteiger charge is 2.24. The molecule has 0 saturated carbocycles. The van der Waals surface area contributed by atoms with Crippen LogP contribution in [0, 0.1) is 16.0 Å². The van der Waals surface area contributed by atoms with E-state index in [9.17, 15) is 19.7 Å². The zero-order valence-electron chi connectivity index (χ0n) is 21.4. The summed E-state index contributed by atoms with van der Waals surface area (Å²) in [6.45, 7) is 6.12. The molecule has 0 heterocycles. The van der Waals surface area contributed by atoms with Crippen LogP contribution in [0.2, 0.25) is 0 Å². The zero-order chi connectivity index (χ0) is 27.5. The summed E-state index contributed by atoms with van der Waals surface area (Å²) in [5.41, 5.74) is 4.40. The highest BCUT2D eigenvalue weighted by atomic mass is 16.6. The summed E-state index contributed by atoms with van der Waals surface area (Å²) in [6, 6.07) is 19.2. The molecule has 2 N–H and O–H groups in total. The summed E-state index contributed by atoms with van der Waals surface area (Å²) >= 11 is 0. The van der Waals surface area contributed by atoms with Gasteiger partial charge in [0, 0.05) is 17.7 Å². The van der Waals surface area contributed by atoms with Gasteiger partial charge in [0.25, 0.3) is 17.5 Å². The van der Waals surface area contributed by atoms with E-state index < -0.39 is 16.9 Å². The van der Waals surface area contributed by atoms with E-state index in [-0.39, 0.29) is 24.1 Å². The minimum Gasteiger partial charge on any atom is -0.490 e. The van der Waals surface area contributed by atoms with Gasteiger partial charge in [0.2, 0.25) is 0 Å². The van der Waals surface area contributed by atoms with Crippen LogP contribution >= 0.6 is 0 Å². The van der Waals surface area contributed by atoms with Crippen molar-refractivity contribution in [2.75, 3.05) is 6.61 Å². The number of non-ortho nitro benzene ring substituents is 1. The van der Waals surface area contributed by atoms with Crippen LogP contribution < -0.4 is 20.2 Å². The van der Waals surface area contributed by atoms with Gasteiger partial charge in [-0.1, -0.05) is 32.0 Å². The van der Waals surface area contributed by atoms with E-state index in [1.807, 2.05) is 26.8 Å². The molecule has 3 rings (SSSR count). The molecule has 10 nitrogen and oxygen atoms in total. The first-order valence-electron chi connectivity index (χ1n) is 12.1. The second-order valence-electron chi connectivity index (χ2n) is 8.65. The number of nitrogens with zero attached hydrogens (tertiary/aromatic N) is 2. The van der Waals surface area contributed by atoms with E-state index in [4.69, 9.17) is 9.47 Å². The Labute approximate surface area is 220 Å². The standard InChI is InChI=1S/C28H30N4O6/c1-4-37-25-16-21(12-15-24(25)38-18-20-10-13-23(14-11-20)32(35)36)17-29-31-28(34)26(19(2)3)30-27(33)22-8-6-5-7-9-22/h5-17,19,26H,4,18H2,1-3H3,(H,30,33)(H,31,34). The van der Waals surface area contributed by atoms with Crippen molar-refractivity contribution in [3.05, 3.63) is 99.6 Å². The van der Waals surface area contributed by atoms with E-state index in [0.29, 0.717) is 29.2 Å². The number of benzene rings is 3. The average Bonchev–Trinajstić information content (AvgIpc) is 2.91. The Bertz CT molecular complexity index is 1280. The molecule has 198 valence electrons. The second-order valence-corrected chi connectivity index (χ2v) is 8.65. The molecule has 2 amide bonds. The van der Waals surface area contributed by atoms with Crippen molar-refractivity contribution in [3.8, 4) is 11.5 Å². The maximum atomic E-state index is 12.7. The smallest absolute Gasteiger partial charge is 0.269 e. The van der Waals surface area contributed by atoms with Crippen LogP contribution in [-0.2, 0) is 11.4 Å². The van der Waals surface area contributed by atoms with Crippen molar-refractivity contribution in [3.63, 3.8) is 0 Å². The van der Waals surface area contributed by atoms with Crippen molar-refractivity contribution in [1.29, 1.82) is 0 Å². The first-order chi connectivity index (χ1) is 18.3. The van der Waals surface area contributed by atoms with Crippen LogP contribution in [0.5, 0.6) is 11.5 Å². The van der Waals surface area contributed by atoms with Crippen molar-refractivity contribution < 1.29 is 24.0 Å². The normalized spacial score (nSPS) is 11.7. The summed E-state index contributed by atoms with van der Waals surface area (Å²) in [7, 11) is 0. The van der Waals surface area contributed by atoms with Gasteiger partial charge in [-0.2, -0.15) is 5.10 Å². The van der Waals surface area contributed by atoms with Crippen LogP contribution in [-0.4, -0.2) is 35.6 Å². The largest absolute Gasteiger partial charge is 0.490 e. The molecule has 0 spiro atoms. The van der Waals surface area contributed by atoms with Gasteiger partial charge in [-0.05, 0) is 66.4 Å². The van der Waals surface area contributed by atoms with E-state index >= 15 is 0 Å². The van der Waals surface area contributed by atoms with E-state index in [2.05, 4.69) is 15.8 Å². The molecule has 0 fully saturated rings. The maximum Gasteiger partial charge on any atom is 0.269 e. The number of nitro groups is 1. The molecule has 38 heavy (non-hydrogen) atoms. The summed E-state index contributed by atoms with van der Waals surface area (Å²) in [5.74, 6) is 0.0482. The molecule has 0 saturated heterocycles. The molecule has 0 aliphatic rings. The molecule has 0 aromatic heterocycles. The number of carbonyl (C=O) groups is 2. The maximum absolute atomic E-state index is 12.7. The Morgan fingerprint density at radius 3 is 2.34 bits per heavy atom. The highest BCUT2D eigenvalue weighted by molar-refractivity contribution is 5.97. The molecule has 10 heteroatoms. The lowest BCUT2D eigenvalue weighted by atomic mass is 10.0. The molecular formula is C28H30N4O6. The van der Waals surface area contributed by atoms with Crippen LogP contribution in [0.4, 0.5) is 5.69 Å². The van der Waals surface area contributed by atoms with Crippen LogP contribution in [0.1, 0.15) is 42.3 Å². The Hall–Kier alpha value is -4.73. The van der Waals surface area contributed by atoms with Crippen LogP contribution in [0.3, 0.4) is 0 Å². The fraction of sp³-hybridized carbons (Fsp3) is 0.250. The summed E-state index contributed by atoms with van der Waals surface area (Å²) in [4.78, 5) is 35.6. The van der Waals surface area contributed by atoms with E-state index in [0.717, 1.165) is 5.56 Å². The fourth-order valence-corrected chi connectivity index (χ4v) is 3.46. The van der Waals surface area contributed by atoms with Gasteiger partial charge in [0.05, 0.1) is 17.7 Å². The quantitative estimate of drug-likeness (QED) is 0.206. The minimum atomic E-state index is -0.769. The molecular weight excluding hydrogens is 488 g/mol. The van der Waals surface area contributed by atoms with E-state index in [1.165, 1.54) is 18.3 Å². The number of hydrogen-bond acceptors (Lipinski definition) is 7. The molecule has 1 atom stereocenters. The van der Waals surface area contributed by atoms with Gasteiger partial charge >= 0.3 is 0 Å². The minimum absolute atomic E-state index is 0.0118. The monoisotopic (exact) mass is 518 g/mol. The van der Waals surface area contributed by atoms with Crippen LogP contribution in [0.25, 0.3) is 0 Å². The predicted octanol–water partition coefficient (Wildman–Crippen LogP) is 4.48. The Balaban J connectivity index is 1.62. The van der Waals surface area contributed by atoms with E-state index in [1.54, 1.807) is 54.6 Å². The lowest BCUT2D eigenvalue weighted by Crippen LogP contribution is -2.48. The second kappa shape index (κ2) is 13.5. The van der Waals surface area contributed by atoms with Gasteiger partial charge < -0.3 is 14.8 Å². The summed E-state index contributed by atoms with van der Waals surface area (Å²) in [5, 5.41) is 17.6. The Morgan fingerprint density at radius 2 is 1.71 bits per heavy atom. The number of nitro benzene ring substituents is 1. The third-order valence-electron chi connectivity index (χ3n) is 5.47. The number of hydrogen-bond donors (Lipinski definition) is 2. The molecule has 3 aromatic carbocycles. The molecule has 0 aliphatic carbocycles. The van der Waals surface area contributed by atoms with Crippen molar-refractivity contribution >= 4 is 23.7 Å². The third kappa shape index (κ3) is 7.89. The number of carbonyl (C=O) groups excluding carboxylic acids is 2. The third-order valence-corrected chi connectivity index (χ3v) is 5.47. The molecule has 0 aliphatic heterocycles.